The standard InChI is InChI=1S/C11H15O3S/c1-3-4-5-10-6-8-11(9-7-10)14-15(2,12)13/h6-9H,1,3-5H2,2H3. The predicted octanol–water partition coefficient (Wildman–Crippen LogP) is 2.18. The molecule has 1 aromatic carbocycles. The van der Waals surface area contributed by atoms with Crippen LogP contribution in [-0.2, 0) is 16.5 Å². The van der Waals surface area contributed by atoms with Crippen LogP contribution in [0.3, 0.4) is 0 Å². The monoisotopic (exact) mass is 227 g/mol. The summed E-state index contributed by atoms with van der Waals surface area (Å²) in [4.78, 5) is 0. The fourth-order valence-corrected chi connectivity index (χ4v) is 1.68. The summed E-state index contributed by atoms with van der Waals surface area (Å²) in [5.41, 5.74) is 1.17. The molecule has 1 radical (unpaired) electrons. The van der Waals surface area contributed by atoms with E-state index in [1.807, 2.05) is 12.1 Å². The van der Waals surface area contributed by atoms with Gasteiger partial charge in [0.2, 0.25) is 0 Å². The van der Waals surface area contributed by atoms with Crippen molar-refractivity contribution in [1.82, 2.24) is 0 Å². The second-order valence-corrected chi connectivity index (χ2v) is 4.96. The van der Waals surface area contributed by atoms with Gasteiger partial charge in [-0.2, -0.15) is 8.42 Å². The Labute approximate surface area is 91.2 Å². The maximum absolute atomic E-state index is 10.8. The molecule has 0 amide bonds. The number of rotatable bonds is 5. The summed E-state index contributed by atoms with van der Waals surface area (Å²) >= 11 is 0. The fourth-order valence-electron chi connectivity index (χ4n) is 1.22. The third-order valence-electron chi connectivity index (χ3n) is 1.89. The molecule has 0 aliphatic rings. The van der Waals surface area contributed by atoms with Crippen LogP contribution in [-0.4, -0.2) is 14.7 Å². The number of aryl methyl sites for hydroxylation is 1. The maximum atomic E-state index is 10.8. The SMILES string of the molecule is [CH2]CCCc1ccc(OS(C)(=O)=O)cc1. The normalized spacial score (nSPS) is 11.3. The minimum Gasteiger partial charge on any atom is -0.383 e. The smallest absolute Gasteiger partial charge is 0.306 e. The summed E-state index contributed by atoms with van der Waals surface area (Å²) in [7, 11) is -3.42. The third kappa shape index (κ3) is 4.83. The van der Waals surface area contributed by atoms with Gasteiger partial charge < -0.3 is 4.18 Å². The molecular formula is C11H15O3S. The van der Waals surface area contributed by atoms with Gasteiger partial charge in [-0.05, 0) is 30.5 Å². The highest BCUT2D eigenvalue weighted by Gasteiger charge is 2.03. The molecule has 4 heteroatoms. The van der Waals surface area contributed by atoms with E-state index in [0.717, 1.165) is 25.5 Å². The van der Waals surface area contributed by atoms with Crippen molar-refractivity contribution in [3.63, 3.8) is 0 Å². The van der Waals surface area contributed by atoms with Crippen molar-refractivity contribution in [2.75, 3.05) is 6.26 Å². The molecule has 0 aromatic heterocycles. The van der Waals surface area contributed by atoms with Crippen molar-refractivity contribution < 1.29 is 12.6 Å². The molecule has 0 bridgehead atoms. The van der Waals surface area contributed by atoms with Gasteiger partial charge in [0.25, 0.3) is 0 Å². The van der Waals surface area contributed by atoms with Crippen molar-refractivity contribution in [2.45, 2.75) is 19.3 Å². The lowest BCUT2D eigenvalue weighted by Gasteiger charge is -2.04. The molecule has 0 aliphatic carbocycles. The zero-order valence-electron chi connectivity index (χ0n) is 8.77. The van der Waals surface area contributed by atoms with Gasteiger partial charge in [0, 0.05) is 0 Å². The van der Waals surface area contributed by atoms with Crippen molar-refractivity contribution in [3.05, 3.63) is 36.8 Å². The highest BCUT2D eigenvalue weighted by molar-refractivity contribution is 7.86. The third-order valence-corrected chi connectivity index (χ3v) is 2.38. The van der Waals surface area contributed by atoms with E-state index in [0.29, 0.717) is 5.75 Å². The molecule has 0 heterocycles. The first kappa shape index (κ1) is 12.0. The van der Waals surface area contributed by atoms with Crippen LogP contribution in [0.5, 0.6) is 5.75 Å². The lowest BCUT2D eigenvalue weighted by Crippen LogP contribution is -2.05. The quantitative estimate of drug-likeness (QED) is 0.724. The number of hydrogen-bond acceptors (Lipinski definition) is 3. The Morgan fingerprint density at radius 3 is 2.33 bits per heavy atom. The Morgan fingerprint density at radius 2 is 1.87 bits per heavy atom. The highest BCUT2D eigenvalue weighted by Crippen LogP contribution is 2.15. The average Bonchev–Trinajstić information content (AvgIpc) is 2.14. The van der Waals surface area contributed by atoms with E-state index in [1.54, 1.807) is 12.1 Å². The van der Waals surface area contributed by atoms with Gasteiger partial charge >= 0.3 is 10.1 Å². The Hall–Kier alpha value is -1.03. The van der Waals surface area contributed by atoms with Crippen molar-refractivity contribution in [2.24, 2.45) is 0 Å². The fraction of sp³-hybridized carbons (Fsp3) is 0.364. The maximum Gasteiger partial charge on any atom is 0.306 e. The van der Waals surface area contributed by atoms with Gasteiger partial charge in [-0.15, -0.1) is 0 Å². The molecule has 0 N–H and O–H groups in total. The van der Waals surface area contributed by atoms with Crippen molar-refractivity contribution in [3.8, 4) is 5.75 Å². The first-order chi connectivity index (χ1) is 7.01. The number of benzene rings is 1. The molecule has 0 saturated carbocycles. The van der Waals surface area contributed by atoms with E-state index in [-0.39, 0.29) is 0 Å². The van der Waals surface area contributed by atoms with Gasteiger partial charge in [0.05, 0.1) is 6.26 Å². The molecule has 83 valence electrons. The van der Waals surface area contributed by atoms with Crippen LogP contribution in [0.15, 0.2) is 24.3 Å². The molecule has 0 atom stereocenters. The Balaban J connectivity index is 2.64. The van der Waals surface area contributed by atoms with Gasteiger partial charge in [-0.25, -0.2) is 0 Å². The van der Waals surface area contributed by atoms with Crippen LogP contribution in [0.25, 0.3) is 0 Å². The van der Waals surface area contributed by atoms with Crippen molar-refractivity contribution >= 4 is 10.1 Å². The van der Waals surface area contributed by atoms with Crippen LogP contribution >= 0.6 is 0 Å². The van der Waals surface area contributed by atoms with E-state index in [2.05, 4.69) is 6.92 Å². The molecule has 0 fully saturated rings. The Morgan fingerprint density at radius 1 is 1.27 bits per heavy atom. The molecule has 1 rings (SSSR count). The van der Waals surface area contributed by atoms with Crippen LogP contribution in [0, 0.1) is 6.92 Å². The minimum absolute atomic E-state index is 0.357. The molecule has 0 unspecified atom stereocenters. The summed E-state index contributed by atoms with van der Waals surface area (Å²) < 4.78 is 26.4. The second kappa shape index (κ2) is 5.16. The van der Waals surface area contributed by atoms with Gasteiger partial charge in [0.15, 0.2) is 0 Å². The summed E-state index contributed by atoms with van der Waals surface area (Å²) in [6.07, 6.45) is 3.93. The Kier molecular flexibility index (Phi) is 4.15. The molecule has 0 spiro atoms. The number of unbranched alkanes of at least 4 members (excludes halogenated alkanes) is 1. The summed E-state index contributed by atoms with van der Waals surface area (Å²) in [5.74, 6) is 0.357. The summed E-state index contributed by atoms with van der Waals surface area (Å²) in [6.45, 7) is 3.76. The minimum atomic E-state index is -3.42. The second-order valence-electron chi connectivity index (χ2n) is 3.39. The average molecular weight is 227 g/mol. The van der Waals surface area contributed by atoms with Crippen LogP contribution in [0.4, 0.5) is 0 Å². The summed E-state index contributed by atoms with van der Waals surface area (Å²) in [5, 5.41) is 0. The summed E-state index contributed by atoms with van der Waals surface area (Å²) in [6, 6.07) is 7.07. The van der Waals surface area contributed by atoms with Crippen molar-refractivity contribution in [1.29, 1.82) is 0 Å². The predicted molar refractivity (Wildman–Crippen MR) is 60.2 cm³/mol. The largest absolute Gasteiger partial charge is 0.383 e. The van der Waals surface area contributed by atoms with E-state index in [1.165, 1.54) is 5.56 Å². The molecule has 0 saturated heterocycles. The van der Waals surface area contributed by atoms with E-state index in [4.69, 9.17) is 4.18 Å². The first-order valence-corrected chi connectivity index (χ1v) is 6.60. The Bertz CT molecular complexity index is 392. The van der Waals surface area contributed by atoms with Crippen LogP contribution in [0.2, 0.25) is 0 Å². The van der Waals surface area contributed by atoms with E-state index >= 15 is 0 Å². The first-order valence-electron chi connectivity index (χ1n) is 4.79. The highest BCUT2D eigenvalue weighted by atomic mass is 32.2. The number of hydrogen-bond donors (Lipinski definition) is 0. The van der Waals surface area contributed by atoms with Gasteiger partial charge in [0.1, 0.15) is 5.75 Å². The van der Waals surface area contributed by atoms with Crippen LogP contribution in [0.1, 0.15) is 18.4 Å². The lowest BCUT2D eigenvalue weighted by molar-refractivity contribution is 0.493. The van der Waals surface area contributed by atoms with Crippen LogP contribution < -0.4 is 4.18 Å². The molecule has 1 aromatic rings. The molecule has 0 aliphatic heterocycles. The zero-order chi connectivity index (χ0) is 11.3. The zero-order valence-corrected chi connectivity index (χ0v) is 9.59. The van der Waals surface area contributed by atoms with E-state index < -0.39 is 10.1 Å². The topological polar surface area (TPSA) is 43.4 Å². The molecule has 3 nitrogen and oxygen atoms in total. The molecular weight excluding hydrogens is 212 g/mol. The van der Waals surface area contributed by atoms with E-state index in [9.17, 15) is 8.42 Å². The van der Waals surface area contributed by atoms with Gasteiger partial charge in [-0.1, -0.05) is 25.5 Å². The molecule has 15 heavy (non-hydrogen) atoms. The van der Waals surface area contributed by atoms with Gasteiger partial charge in [-0.3, -0.25) is 0 Å². The lowest BCUT2D eigenvalue weighted by atomic mass is 10.1.